The minimum atomic E-state index is -0.745. The average Bonchev–Trinajstić information content (AvgIpc) is 2.81. The number of carbonyl (C=O) groups excluding carboxylic acids is 4. The van der Waals surface area contributed by atoms with Gasteiger partial charge in [-0.05, 0) is 30.5 Å². The van der Waals surface area contributed by atoms with E-state index in [1.165, 1.54) is 7.11 Å². The van der Waals surface area contributed by atoms with Gasteiger partial charge in [0.25, 0.3) is 11.8 Å². The van der Waals surface area contributed by atoms with Crippen LogP contribution in [0.5, 0.6) is 0 Å². The van der Waals surface area contributed by atoms with Crippen LogP contribution in [0.4, 0.5) is 0 Å². The van der Waals surface area contributed by atoms with E-state index in [4.69, 9.17) is 4.74 Å². The van der Waals surface area contributed by atoms with Gasteiger partial charge in [-0.25, -0.2) is 4.79 Å². The molecule has 0 radical (unpaired) electrons. The fourth-order valence-corrected chi connectivity index (χ4v) is 3.13. The van der Waals surface area contributed by atoms with Crippen LogP contribution in [0.25, 0.3) is 0 Å². The lowest BCUT2D eigenvalue weighted by Crippen LogP contribution is -2.43. The van der Waals surface area contributed by atoms with Gasteiger partial charge < -0.3 is 10.1 Å². The third kappa shape index (κ3) is 4.49. The van der Waals surface area contributed by atoms with E-state index in [1.807, 2.05) is 13.8 Å². The van der Waals surface area contributed by atoms with Crippen molar-refractivity contribution in [3.05, 3.63) is 33.8 Å². The summed E-state index contributed by atoms with van der Waals surface area (Å²) in [5.74, 6) is -1.59. The number of rotatable bonds is 7. The van der Waals surface area contributed by atoms with Crippen molar-refractivity contribution in [1.82, 2.24) is 10.2 Å². The fraction of sp³-hybridized carbons (Fsp3) is 0.444. The van der Waals surface area contributed by atoms with Crippen LogP contribution >= 0.6 is 15.9 Å². The molecule has 0 spiro atoms. The fourth-order valence-electron chi connectivity index (χ4n) is 2.77. The molecule has 0 aromatic heterocycles. The second-order valence-electron chi connectivity index (χ2n) is 6.47. The predicted octanol–water partition coefficient (Wildman–Crippen LogP) is 2.14. The van der Waals surface area contributed by atoms with Crippen LogP contribution < -0.4 is 5.32 Å². The van der Waals surface area contributed by atoms with E-state index in [2.05, 4.69) is 21.2 Å². The van der Waals surface area contributed by atoms with Gasteiger partial charge in [0.15, 0.2) is 0 Å². The van der Waals surface area contributed by atoms with Gasteiger partial charge in [-0.15, -0.1) is 0 Å². The molecular formula is C18H21BrN2O5. The number of amides is 3. The van der Waals surface area contributed by atoms with Crippen molar-refractivity contribution in [3.8, 4) is 0 Å². The maximum atomic E-state index is 12.4. The molecule has 3 amide bonds. The first kappa shape index (κ1) is 20.1. The van der Waals surface area contributed by atoms with Crippen LogP contribution in [-0.2, 0) is 14.3 Å². The Hall–Kier alpha value is -2.22. The quantitative estimate of drug-likeness (QED) is 0.534. The van der Waals surface area contributed by atoms with Gasteiger partial charge in [0, 0.05) is 17.4 Å². The molecule has 140 valence electrons. The molecule has 7 nitrogen and oxygen atoms in total. The second kappa shape index (κ2) is 8.44. The van der Waals surface area contributed by atoms with Gasteiger partial charge in [0.1, 0.15) is 6.04 Å². The topological polar surface area (TPSA) is 92.8 Å². The van der Waals surface area contributed by atoms with E-state index in [0.29, 0.717) is 22.0 Å². The third-order valence-electron chi connectivity index (χ3n) is 4.02. The maximum Gasteiger partial charge on any atom is 0.328 e. The molecule has 2 rings (SSSR count). The van der Waals surface area contributed by atoms with Gasteiger partial charge in [0.05, 0.1) is 18.2 Å². The number of esters is 1. The number of carbonyl (C=O) groups is 4. The maximum absolute atomic E-state index is 12.4. The number of halogens is 1. The van der Waals surface area contributed by atoms with Crippen LogP contribution in [-0.4, -0.2) is 48.3 Å². The molecule has 1 unspecified atom stereocenters. The van der Waals surface area contributed by atoms with Crippen LogP contribution in [0.15, 0.2) is 22.7 Å². The lowest BCUT2D eigenvalue weighted by Gasteiger charge is -2.19. The summed E-state index contributed by atoms with van der Waals surface area (Å²) in [5, 5.41) is 2.61. The minimum absolute atomic E-state index is 0.0502. The predicted molar refractivity (Wildman–Crippen MR) is 97.5 cm³/mol. The Morgan fingerprint density at radius 1 is 1.19 bits per heavy atom. The van der Waals surface area contributed by atoms with Crippen LogP contribution in [0.2, 0.25) is 0 Å². The lowest BCUT2D eigenvalue weighted by molar-refractivity contribution is -0.145. The number of methoxy groups -OCH3 is 1. The summed E-state index contributed by atoms with van der Waals surface area (Å²) >= 11 is 3.27. The summed E-state index contributed by atoms with van der Waals surface area (Å²) < 4.78 is 5.40. The van der Waals surface area contributed by atoms with Crippen molar-refractivity contribution < 1.29 is 23.9 Å². The number of ether oxygens (including phenoxy) is 1. The average molecular weight is 425 g/mol. The number of imide groups is 1. The summed E-state index contributed by atoms with van der Waals surface area (Å²) in [5.41, 5.74) is 0.642. The number of nitrogens with zero attached hydrogens (tertiary/aromatic N) is 1. The second-order valence-corrected chi connectivity index (χ2v) is 7.39. The molecule has 1 aliphatic rings. The molecule has 0 saturated heterocycles. The van der Waals surface area contributed by atoms with Crippen LogP contribution in [0.3, 0.4) is 0 Å². The first-order chi connectivity index (χ1) is 12.2. The highest BCUT2D eigenvalue weighted by Gasteiger charge is 2.35. The van der Waals surface area contributed by atoms with E-state index >= 15 is 0 Å². The Bertz CT molecular complexity index is 747. The molecule has 1 aromatic rings. The molecular weight excluding hydrogens is 404 g/mol. The smallest absolute Gasteiger partial charge is 0.328 e. The molecule has 0 saturated carbocycles. The zero-order valence-corrected chi connectivity index (χ0v) is 16.5. The first-order valence-electron chi connectivity index (χ1n) is 8.27. The number of nitrogens with one attached hydrogen (secondary N) is 1. The van der Waals surface area contributed by atoms with Crippen LogP contribution in [0, 0.1) is 5.92 Å². The summed E-state index contributed by atoms with van der Waals surface area (Å²) in [6, 6.07) is 4.11. The van der Waals surface area contributed by atoms with E-state index in [0.717, 1.165) is 4.90 Å². The van der Waals surface area contributed by atoms with Gasteiger partial charge >= 0.3 is 5.97 Å². The molecule has 1 atom stereocenters. The zero-order chi connectivity index (χ0) is 19.4. The lowest BCUT2D eigenvalue weighted by atomic mass is 10.0. The molecule has 8 heteroatoms. The van der Waals surface area contributed by atoms with Gasteiger partial charge in [-0.3, -0.25) is 19.3 Å². The van der Waals surface area contributed by atoms with E-state index < -0.39 is 29.7 Å². The van der Waals surface area contributed by atoms with Gasteiger partial charge in [-0.2, -0.15) is 0 Å². The minimum Gasteiger partial charge on any atom is -0.467 e. The van der Waals surface area contributed by atoms with Crippen molar-refractivity contribution in [1.29, 1.82) is 0 Å². The molecule has 0 fully saturated rings. The van der Waals surface area contributed by atoms with Gasteiger partial charge in [0.2, 0.25) is 5.91 Å². The summed E-state index contributed by atoms with van der Waals surface area (Å²) in [7, 11) is 1.26. The van der Waals surface area contributed by atoms with Crippen LogP contribution in [0.1, 0.15) is 47.4 Å². The molecule has 1 aliphatic heterocycles. The number of hydrogen-bond donors (Lipinski definition) is 1. The van der Waals surface area contributed by atoms with Crippen molar-refractivity contribution >= 4 is 39.6 Å². The van der Waals surface area contributed by atoms with E-state index in [1.54, 1.807) is 18.2 Å². The first-order valence-corrected chi connectivity index (χ1v) is 9.06. The molecule has 1 heterocycles. The third-order valence-corrected chi connectivity index (χ3v) is 4.52. The highest BCUT2D eigenvalue weighted by atomic mass is 79.9. The van der Waals surface area contributed by atoms with Crippen molar-refractivity contribution in [2.45, 2.75) is 32.7 Å². The standard InChI is InChI=1S/C18H21BrN2O5/c1-10(2)8-14(18(25)26-3)20-15(22)6-7-21-16(23)12-5-4-11(19)9-13(12)17(21)24/h4-5,9-10,14H,6-8H2,1-3H3,(H,20,22). The van der Waals surface area contributed by atoms with Crippen molar-refractivity contribution in [2.75, 3.05) is 13.7 Å². The number of hydrogen-bond acceptors (Lipinski definition) is 5. The van der Waals surface area contributed by atoms with Crippen molar-refractivity contribution in [2.24, 2.45) is 5.92 Å². The summed E-state index contributed by atoms with van der Waals surface area (Å²) in [6.07, 6.45) is 0.359. The highest BCUT2D eigenvalue weighted by molar-refractivity contribution is 9.10. The summed E-state index contributed by atoms with van der Waals surface area (Å²) in [6.45, 7) is 3.81. The molecule has 1 aromatic carbocycles. The molecule has 0 bridgehead atoms. The molecule has 26 heavy (non-hydrogen) atoms. The number of benzene rings is 1. The Morgan fingerprint density at radius 3 is 2.46 bits per heavy atom. The Morgan fingerprint density at radius 2 is 1.85 bits per heavy atom. The SMILES string of the molecule is COC(=O)C(CC(C)C)NC(=O)CCN1C(=O)c2ccc(Br)cc2C1=O. The molecule has 1 N–H and O–H groups in total. The zero-order valence-electron chi connectivity index (χ0n) is 14.9. The largest absolute Gasteiger partial charge is 0.467 e. The van der Waals surface area contributed by atoms with Gasteiger partial charge in [-0.1, -0.05) is 29.8 Å². The normalized spacial score (nSPS) is 14.4. The Kier molecular flexibility index (Phi) is 6.52. The monoisotopic (exact) mass is 424 g/mol. The summed E-state index contributed by atoms with van der Waals surface area (Å²) in [4.78, 5) is 49.7. The highest BCUT2D eigenvalue weighted by Crippen LogP contribution is 2.26. The van der Waals surface area contributed by atoms with E-state index in [9.17, 15) is 19.2 Å². The number of fused-ring (bicyclic) bond motifs is 1. The van der Waals surface area contributed by atoms with E-state index in [-0.39, 0.29) is 18.9 Å². The van der Waals surface area contributed by atoms with Crippen molar-refractivity contribution in [3.63, 3.8) is 0 Å². The Balaban J connectivity index is 1.98. The molecule has 0 aliphatic carbocycles. The Labute approximate surface area is 160 Å².